The van der Waals surface area contributed by atoms with Gasteiger partial charge in [0.15, 0.2) is 0 Å². The van der Waals surface area contributed by atoms with Crippen LogP contribution < -0.4 is 9.62 Å². The maximum absolute atomic E-state index is 14.6. The van der Waals surface area contributed by atoms with E-state index in [1.807, 2.05) is 42.5 Å². The van der Waals surface area contributed by atoms with Crippen LogP contribution in [0.15, 0.2) is 114 Å². The Hall–Kier alpha value is -3.41. The molecule has 0 radical (unpaired) electrons. The molecule has 240 valence electrons. The SMILES string of the molecule is O=C(NC1CCCCC1)C(Cc1ccccc1)N(Cc1ccc(Cl)cc1)C(=O)CN(c1ccc(I)cc1)S(=O)(=O)c1ccccc1. The van der Waals surface area contributed by atoms with Crippen LogP contribution in [0.4, 0.5) is 5.69 Å². The molecule has 1 fully saturated rings. The van der Waals surface area contributed by atoms with Gasteiger partial charge in [0.2, 0.25) is 11.8 Å². The van der Waals surface area contributed by atoms with E-state index in [9.17, 15) is 18.0 Å². The number of nitrogens with one attached hydrogen (secondary N) is 1. The zero-order chi connectivity index (χ0) is 32.5. The zero-order valence-electron chi connectivity index (χ0n) is 25.4. The first-order valence-electron chi connectivity index (χ1n) is 15.4. The highest BCUT2D eigenvalue weighted by Gasteiger charge is 2.35. The molecule has 1 aliphatic rings. The van der Waals surface area contributed by atoms with Gasteiger partial charge >= 0.3 is 0 Å². The number of carbonyl (C=O) groups excluding carboxylic acids is 2. The molecule has 4 aromatic carbocycles. The molecular formula is C36H37ClIN3O4S. The van der Waals surface area contributed by atoms with Gasteiger partial charge in [0.05, 0.1) is 10.6 Å². The summed E-state index contributed by atoms with van der Waals surface area (Å²) in [6, 6.07) is 30.9. The second-order valence-corrected chi connectivity index (χ2v) is 15.0. The maximum Gasteiger partial charge on any atom is 0.264 e. The quantitative estimate of drug-likeness (QED) is 0.154. The Bertz CT molecular complexity index is 1700. The lowest BCUT2D eigenvalue weighted by molar-refractivity contribution is -0.140. The molecule has 0 heterocycles. The molecule has 1 N–H and O–H groups in total. The summed E-state index contributed by atoms with van der Waals surface area (Å²) in [4.78, 5) is 30.3. The van der Waals surface area contributed by atoms with Gasteiger partial charge in [0.1, 0.15) is 12.6 Å². The predicted octanol–water partition coefficient (Wildman–Crippen LogP) is 7.23. The molecular weight excluding hydrogens is 733 g/mol. The largest absolute Gasteiger partial charge is 0.352 e. The van der Waals surface area contributed by atoms with Crippen molar-refractivity contribution in [2.24, 2.45) is 0 Å². The fourth-order valence-electron chi connectivity index (χ4n) is 5.74. The van der Waals surface area contributed by atoms with Gasteiger partial charge in [-0.15, -0.1) is 0 Å². The van der Waals surface area contributed by atoms with E-state index < -0.39 is 28.5 Å². The van der Waals surface area contributed by atoms with Crippen molar-refractivity contribution in [2.45, 2.75) is 62.0 Å². The van der Waals surface area contributed by atoms with Gasteiger partial charge < -0.3 is 10.2 Å². The standard InChI is InChI=1S/C36H37ClIN3O4S/c37-29-18-16-28(17-19-29)25-40(34(24-27-10-4-1-5-11-27)36(43)39-31-12-6-2-7-13-31)35(42)26-41(32-22-20-30(38)21-23-32)46(44,45)33-14-8-3-9-15-33/h1,3-5,8-11,14-23,31,34H,2,6-7,12-13,24-26H2,(H,39,43). The van der Waals surface area contributed by atoms with Crippen LogP contribution in [-0.2, 0) is 32.6 Å². The fourth-order valence-corrected chi connectivity index (χ4v) is 7.66. The third kappa shape index (κ3) is 8.89. The second-order valence-electron chi connectivity index (χ2n) is 11.5. The first kappa shape index (κ1) is 33.9. The number of benzene rings is 4. The number of hydrogen-bond acceptors (Lipinski definition) is 4. The van der Waals surface area contributed by atoms with Gasteiger partial charge in [-0.1, -0.05) is 91.5 Å². The fraction of sp³-hybridized carbons (Fsp3) is 0.278. The van der Waals surface area contributed by atoms with Crippen LogP contribution in [0.5, 0.6) is 0 Å². The topological polar surface area (TPSA) is 86.8 Å². The minimum atomic E-state index is -4.14. The third-order valence-corrected chi connectivity index (χ3v) is 11.0. The summed E-state index contributed by atoms with van der Waals surface area (Å²) in [6.07, 6.45) is 5.29. The summed E-state index contributed by atoms with van der Waals surface area (Å²) in [5.41, 5.74) is 2.02. The molecule has 4 aromatic rings. The molecule has 10 heteroatoms. The van der Waals surface area contributed by atoms with E-state index in [1.165, 1.54) is 17.0 Å². The average molecular weight is 770 g/mol. The molecule has 5 rings (SSSR count). The molecule has 1 saturated carbocycles. The molecule has 0 aliphatic heterocycles. The summed E-state index contributed by atoms with van der Waals surface area (Å²) in [5, 5.41) is 3.78. The normalized spacial score (nSPS) is 14.3. The van der Waals surface area contributed by atoms with E-state index in [4.69, 9.17) is 11.6 Å². The Labute approximate surface area is 290 Å². The van der Waals surface area contributed by atoms with Crippen molar-refractivity contribution in [1.82, 2.24) is 10.2 Å². The molecule has 46 heavy (non-hydrogen) atoms. The Balaban J connectivity index is 1.55. The summed E-state index contributed by atoms with van der Waals surface area (Å²) in [7, 11) is -4.14. The first-order chi connectivity index (χ1) is 22.2. The number of rotatable bonds is 12. The van der Waals surface area contributed by atoms with Crippen molar-refractivity contribution in [2.75, 3.05) is 10.8 Å². The Morgan fingerprint density at radius 2 is 1.41 bits per heavy atom. The third-order valence-electron chi connectivity index (χ3n) is 8.21. The monoisotopic (exact) mass is 769 g/mol. The lowest BCUT2D eigenvalue weighted by atomic mass is 9.94. The van der Waals surface area contributed by atoms with Crippen LogP contribution in [0.1, 0.15) is 43.2 Å². The van der Waals surface area contributed by atoms with Gasteiger partial charge in [-0.3, -0.25) is 13.9 Å². The molecule has 0 saturated heterocycles. The summed E-state index contributed by atoms with van der Waals surface area (Å²) < 4.78 is 30.2. The highest BCUT2D eigenvalue weighted by atomic mass is 127. The number of anilines is 1. The number of carbonyl (C=O) groups is 2. The Morgan fingerprint density at radius 1 is 0.804 bits per heavy atom. The van der Waals surface area contributed by atoms with Crippen molar-refractivity contribution in [3.05, 3.63) is 129 Å². The lowest BCUT2D eigenvalue weighted by Gasteiger charge is -2.35. The van der Waals surface area contributed by atoms with Crippen molar-refractivity contribution < 1.29 is 18.0 Å². The Morgan fingerprint density at radius 3 is 2.04 bits per heavy atom. The summed E-state index contributed by atoms with van der Waals surface area (Å²) in [5.74, 6) is -0.738. The number of nitrogens with zero attached hydrogens (tertiary/aromatic N) is 2. The minimum Gasteiger partial charge on any atom is -0.352 e. The van der Waals surface area contributed by atoms with Crippen molar-refractivity contribution in [3.63, 3.8) is 0 Å². The van der Waals surface area contributed by atoms with Crippen LogP contribution >= 0.6 is 34.2 Å². The Kier molecular flexibility index (Phi) is 11.8. The van der Waals surface area contributed by atoms with Crippen LogP contribution in [-0.4, -0.2) is 43.8 Å². The summed E-state index contributed by atoms with van der Waals surface area (Å²) in [6.45, 7) is -0.398. The van der Waals surface area contributed by atoms with Gasteiger partial charge in [0.25, 0.3) is 10.0 Å². The van der Waals surface area contributed by atoms with Gasteiger partial charge in [-0.25, -0.2) is 8.42 Å². The van der Waals surface area contributed by atoms with Crippen LogP contribution in [0.2, 0.25) is 5.02 Å². The molecule has 0 aromatic heterocycles. The average Bonchev–Trinajstić information content (AvgIpc) is 3.07. The van der Waals surface area contributed by atoms with Gasteiger partial charge in [-0.05, 0) is 95.1 Å². The van der Waals surface area contributed by atoms with Crippen molar-refractivity contribution >= 4 is 61.7 Å². The van der Waals surface area contributed by atoms with Gasteiger partial charge in [0, 0.05) is 27.6 Å². The minimum absolute atomic E-state index is 0.0359. The first-order valence-corrected chi connectivity index (χ1v) is 18.3. The van der Waals surface area contributed by atoms with E-state index in [0.717, 1.165) is 51.1 Å². The highest BCUT2D eigenvalue weighted by molar-refractivity contribution is 14.1. The van der Waals surface area contributed by atoms with Crippen molar-refractivity contribution in [3.8, 4) is 0 Å². The maximum atomic E-state index is 14.6. The molecule has 1 unspecified atom stereocenters. The molecule has 7 nitrogen and oxygen atoms in total. The van der Waals surface area contributed by atoms with Crippen LogP contribution in [0.3, 0.4) is 0 Å². The predicted molar refractivity (Wildman–Crippen MR) is 191 cm³/mol. The van der Waals surface area contributed by atoms with Crippen LogP contribution in [0.25, 0.3) is 0 Å². The van der Waals surface area contributed by atoms with E-state index in [1.54, 1.807) is 54.6 Å². The highest BCUT2D eigenvalue weighted by Crippen LogP contribution is 2.26. The molecule has 1 aliphatic carbocycles. The summed E-state index contributed by atoms with van der Waals surface area (Å²) >= 11 is 8.33. The van der Waals surface area contributed by atoms with Crippen molar-refractivity contribution in [1.29, 1.82) is 0 Å². The van der Waals surface area contributed by atoms with E-state index in [-0.39, 0.29) is 29.8 Å². The molecule has 0 spiro atoms. The van der Waals surface area contributed by atoms with Crippen LogP contribution in [0, 0.1) is 3.57 Å². The molecule has 0 bridgehead atoms. The van der Waals surface area contributed by atoms with E-state index in [2.05, 4.69) is 27.9 Å². The van der Waals surface area contributed by atoms with E-state index >= 15 is 0 Å². The number of hydrogen-bond donors (Lipinski definition) is 1. The van der Waals surface area contributed by atoms with E-state index in [0.29, 0.717) is 10.7 Å². The van der Waals surface area contributed by atoms with Gasteiger partial charge in [-0.2, -0.15) is 0 Å². The number of amides is 2. The smallest absolute Gasteiger partial charge is 0.264 e. The second kappa shape index (κ2) is 15.9. The number of halogens is 2. The number of sulfonamides is 1. The lowest BCUT2D eigenvalue weighted by Crippen LogP contribution is -2.55. The molecule has 2 amide bonds. The molecule has 1 atom stereocenters. The zero-order valence-corrected chi connectivity index (χ0v) is 29.1.